The predicted octanol–water partition coefficient (Wildman–Crippen LogP) is 3.56. The normalized spacial score (nSPS) is 17.9. The van der Waals surface area contributed by atoms with E-state index in [4.69, 9.17) is 16.0 Å². The minimum absolute atomic E-state index is 0.0158. The van der Waals surface area contributed by atoms with Crippen molar-refractivity contribution in [3.8, 4) is 0 Å². The number of fused-ring (bicyclic) bond motifs is 1. The van der Waals surface area contributed by atoms with Crippen molar-refractivity contribution in [2.24, 2.45) is 5.92 Å². The van der Waals surface area contributed by atoms with E-state index in [2.05, 4.69) is 10.2 Å². The Morgan fingerprint density at radius 1 is 1.22 bits per heavy atom. The number of rotatable bonds is 4. The lowest BCUT2D eigenvalue weighted by Gasteiger charge is -2.31. The Morgan fingerprint density at radius 3 is 2.85 bits per heavy atom. The monoisotopic (exact) mass is 385 g/mol. The number of likely N-dealkylation sites (tertiary alicyclic amines) is 1. The van der Waals surface area contributed by atoms with Crippen molar-refractivity contribution in [2.45, 2.75) is 19.5 Å². The van der Waals surface area contributed by atoms with Gasteiger partial charge in [0.2, 0.25) is 5.91 Å². The number of benzene rings is 2. The van der Waals surface area contributed by atoms with Crippen LogP contribution in [-0.2, 0) is 11.5 Å². The number of carbonyl (C=O) groups is 1. The predicted molar refractivity (Wildman–Crippen MR) is 105 cm³/mol. The van der Waals surface area contributed by atoms with Gasteiger partial charge >= 0.3 is 5.76 Å². The molecule has 0 radical (unpaired) electrons. The van der Waals surface area contributed by atoms with Crippen molar-refractivity contribution in [3.63, 3.8) is 0 Å². The van der Waals surface area contributed by atoms with Crippen LogP contribution in [0, 0.1) is 5.92 Å². The number of hydrogen-bond acceptors (Lipinski definition) is 4. The van der Waals surface area contributed by atoms with Crippen LogP contribution in [0.5, 0.6) is 0 Å². The van der Waals surface area contributed by atoms with Gasteiger partial charge in [0.25, 0.3) is 0 Å². The fourth-order valence-corrected chi connectivity index (χ4v) is 3.70. The van der Waals surface area contributed by atoms with Crippen LogP contribution in [0.4, 0.5) is 5.69 Å². The molecule has 2 heterocycles. The van der Waals surface area contributed by atoms with E-state index in [1.54, 1.807) is 22.8 Å². The molecule has 7 heteroatoms. The van der Waals surface area contributed by atoms with Gasteiger partial charge in [0.1, 0.15) is 0 Å². The van der Waals surface area contributed by atoms with Crippen molar-refractivity contribution in [1.29, 1.82) is 0 Å². The Morgan fingerprint density at radius 2 is 2.04 bits per heavy atom. The van der Waals surface area contributed by atoms with Gasteiger partial charge < -0.3 is 9.73 Å². The maximum atomic E-state index is 12.6. The molecule has 27 heavy (non-hydrogen) atoms. The Bertz CT molecular complexity index is 1010. The Kier molecular flexibility index (Phi) is 5.01. The summed E-state index contributed by atoms with van der Waals surface area (Å²) in [6.07, 6.45) is 1.75. The molecule has 0 aliphatic carbocycles. The van der Waals surface area contributed by atoms with Gasteiger partial charge in [-0.05, 0) is 43.7 Å². The molecule has 1 saturated heterocycles. The number of carbonyl (C=O) groups excluding carboxylic acids is 1. The van der Waals surface area contributed by atoms with E-state index in [0.717, 1.165) is 25.1 Å². The maximum Gasteiger partial charge on any atom is 0.421 e. The number of para-hydroxylation sites is 1. The molecule has 0 saturated carbocycles. The number of halogens is 1. The number of oxazole rings is 1. The van der Waals surface area contributed by atoms with Gasteiger partial charge in [0.15, 0.2) is 5.58 Å². The Hall–Kier alpha value is -2.57. The molecule has 4 rings (SSSR count). The molecule has 1 aliphatic heterocycles. The van der Waals surface area contributed by atoms with Crippen molar-refractivity contribution in [3.05, 3.63) is 64.1 Å². The second kappa shape index (κ2) is 7.58. The molecule has 1 atom stereocenters. The molecule has 1 unspecified atom stereocenters. The molecule has 6 nitrogen and oxygen atoms in total. The van der Waals surface area contributed by atoms with Crippen LogP contribution in [0.1, 0.15) is 12.8 Å². The van der Waals surface area contributed by atoms with Crippen LogP contribution in [0.15, 0.2) is 57.7 Å². The van der Waals surface area contributed by atoms with E-state index in [1.165, 1.54) is 0 Å². The smallest absolute Gasteiger partial charge is 0.408 e. The standard InChI is InChI=1S/C20H20ClN3O3/c21-15-8-9-17-18(11-15)27-20(26)24(17)13-23-10-4-5-14(12-23)19(25)22-16-6-2-1-3-7-16/h1-3,6-9,11,14H,4-5,10,12-13H2,(H,22,25). The zero-order chi connectivity index (χ0) is 18.8. The van der Waals surface area contributed by atoms with E-state index >= 15 is 0 Å². The summed E-state index contributed by atoms with van der Waals surface area (Å²) in [6, 6.07) is 14.6. The first-order valence-electron chi connectivity index (χ1n) is 8.97. The lowest BCUT2D eigenvalue weighted by atomic mass is 9.97. The number of nitrogens with one attached hydrogen (secondary N) is 1. The summed E-state index contributed by atoms with van der Waals surface area (Å²) in [5, 5.41) is 3.50. The lowest BCUT2D eigenvalue weighted by Crippen LogP contribution is -2.42. The van der Waals surface area contributed by atoms with Crippen molar-refractivity contribution in [1.82, 2.24) is 9.47 Å². The van der Waals surface area contributed by atoms with Gasteiger partial charge in [-0.15, -0.1) is 0 Å². The van der Waals surface area contributed by atoms with Gasteiger partial charge in [-0.25, -0.2) is 4.79 Å². The average Bonchev–Trinajstić information content (AvgIpc) is 2.97. The molecule has 140 valence electrons. The molecule has 1 amide bonds. The molecule has 0 bridgehead atoms. The average molecular weight is 386 g/mol. The highest BCUT2D eigenvalue weighted by molar-refractivity contribution is 6.31. The second-order valence-electron chi connectivity index (χ2n) is 6.82. The third-order valence-corrected chi connectivity index (χ3v) is 5.12. The summed E-state index contributed by atoms with van der Waals surface area (Å²) in [7, 11) is 0. The first kappa shape index (κ1) is 17.8. The van der Waals surface area contributed by atoms with Crippen LogP contribution in [0.2, 0.25) is 5.02 Å². The first-order chi connectivity index (χ1) is 13.1. The van der Waals surface area contributed by atoms with Gasteiger partial charge in [-0.1, -0.05) is 29.8 Å². The largest absolute Gasteiger partial charge is 0.421 e. The highest BCUT2D eigenvalue weighted by Crippen LogP contribution is 2.22. The molecular formula is C20H20ClN3O3. The van der Waals surface area contributed by atoms with Gasteiger partial charge in [-0.2, -0.15) is 0 Å². The maximum absolute atomic E-state index is 12.6. The first-order valence-corrected chi connectivity index (χ1v) is 9.35. The summed E-state index contributed by atoms with van der Waals surface area (Å²) in [5.41, 5.74) is 1.98. The summed E-state index contributed by atoms with van der Waals surface area (Å²) < 4.78 is 6.88. The Balaban J connectivity index is 1.47. The molecular weight excluding hydrogens is 366 g/mol. The topological polar surface area (TPSA) is 67.5 Å². The highest BCUT2D eigenvalue weighted by atomic mass is 35.5. The number of piperidine rings is 1. The number of hydrogen-bond donors (Lipinski definition) is 1. The van der Waals surface area contributed by atoms with Gasteiger partial charge in [-0.3, -0.25) is 14.3 Å². The molecule has 0 spiro atoms. The molecule has 3 aromatic rings. The van der Waals surface area contributed by atoms with E-state index in [0.29, 0.717) is 29.3 Å². The number of nitrogens with zero attached hydrogens (tertiary/aromatic N) is 2. The summed E-state index contributed by atoms with van der Waals surface area (Å²) in [5.74, 6) is -0.507. The summed E-state index contributed by atoms with van der Waals surface area (Å²) in [6.45, 7) is 1.83. The number of aromatic nitrogens is 1. The second-order valence-corrected chi connectivity index (χ2v) is 7.26. The summed E-state index contributed by atoms with van der Waals surface area (Å²) >= 11 is 5.97. The van der Waals surface area contributed by atoms with Crippen molar-refractivity contribution < 1.29 is 9.21 Å². The van der Waals surface area contributed by atoms with Crippen LogP contribution in [-0.4, -0.2) is 28.5 Å². The zero-order valence-electron chi connectivity index (χ0n) is 14.7. The van der Waals surface area contributed by atoms with E-state index in [1.807, 2.05) is 30.3 Å². The molecule has 2 aromatic carbocycles. The third kappa shape index (κ3) is 3.91. The SMILES string of the molecule is O=C(Nc1ccccc1)C1CCCN(Cn2c(=O)oc3cc(Cl)ccc32)C1. The quantitative estimate of drug-likeness (QED) is 0.745. The van der Waals surface area contributed by atoms with E-state index in [9.17, 15) is 9.59 Å². The minimum Gasteiger partial charge on any atom is -0.408 e. The number of amides is 1. The molecule has 1 N–H and O–H groups in total. The zero-order valence-corrected chi connectivity index (χ0v) is 15.5. The minimum atomic E-state index is -0.414. The van der Waals surface area contributed by atoms with Crippen molar-refractivity contribution in [2.75, 3.05) is 18.4 Å². The fraction of sp³-hybridized carbons (Fsp3) is 0.300. The van der Waals surface area contributed by atoms with Crippen molar-refractivity contribution >= 4 is 34.3 Å². The van der Waals surface area contributed by atoms with Crippen LogP contribution >= 0.6 is 11.6 Å². The van der Waals surface area contributed by atoms with Crippen LogP contribution < -0.4 is 11.1 Å². The Labute approximate surface area is 161 Å². The summed E-state index contributed by atoms with van der Waals surface area (Å²) in [4.78, 5) is 26.9. The highest BCUT2D eigenvalue weighted by Gasteiger charge is 2.26. The van der Waals surface area contributed by atoms with Gasteiger partial charge in [0, 0.05) is 23.3 Å². The third-order valence-electron chi connectivity index (χ3n) is 4.89. The van der Waals surface area contributed by atoms with Gasteiger partial charge in [0.05, 0.1) is 18.1 Å². The fourth-order valence-electron chi connectivity index (χ4n) is 3.54. The molecule has 1 aliphatic rings. The van der Waals surface area contributed by atoms with E-state index in [-0.39, 0.29) is 11.8 Å². The van der Waals surface area contributed by atoms with Crippen LogP contribution in [0.3, 0.4) is 0 Å². The van der Waals surface area contributed by atoms with E-state index < -0.39 is 5.76 Å². The molecule has 1 aromatic heterocycles. The van der Waals surface area contributed by atoms with Crippen LogP contribution in [0.25, 0.3) is 11.1 Å². The lowest BCUT2D eigenvalue weighted by molar-refractivity contribution is -0.121. The number of anilines is 1. The molecule has 1 fully saturated rings.